The topological polar surface area (TPSA) is 71.1 Å². The third-order valence-corrected chi connectivity index (χ3v) is 5.21. The summed E-state index contributed by atoms with van der Waals surface area (Å²) in [5, 5.41) is 2.49. The third kappa shape index (κ3) is 6.68. The Morgan fingerprint density at radius 1 is 1.28 bits per heavy atom. The Hall–Kier alpha value is -2.19. The monoisotopic (exact) mass is 409 g/mol. The van der Waals surface area contributed by atoms with Crippen LogP contribution in [0.5, 0.6) is 0 Å². The number of rotatable bonds is 9. The molecule has 0 aromatic heterocycles. The van der Waals surface area contributed by atoms with Crippen LogP contribution >= 0.6 is 0 Å². The van der Waals surface area contributed by atoms with Crippen molar-refractivity contribution in [3.05, 3.63) is 35.6 Å². The Morgan fingerprint density at radius 2 is 1.93 bits per heavy atom. The van der Waals surface area contributed by atoms with Gasteiger partial charge in [0.15, 0.2) is 0 Å². The molecule has 8 heteroatoms. The van der Waals surface area contributed by atoms with Crippen molar-refractivity contribution in [2.75, 3.05) is 47.1 Å². The molecular weight excluding hydrogens is 377 g/mol. The maximum atomic E-state index is 13.2. The first kappa shape index (κ1) is 23.1. The molecule has 0 saturated carbocycles. The zero-order valence-electron chi connectivity index (χ0n) is 17.5. The Balaban J connectivity index is 1.90. The Bertz CT molecular complexity index is 648. The van der Waals surface area contributed by atoms with Crippen LogP contribution in [-0.4, -0.2) is 68.9 Å². The van der Waals surface area contributed by atoms with E-state index < -0.39 is 0 Å². The molecule has 1 fully saturated rings. The van der Waals surface area contributed by atoms with Crippen molar-refractivity contribution in [2.24, 2.45) is 5.92 Å². The van der Waals surface area contributed by atoms with E-state index in [4.69, 9.17) is 9.47 Å². The first-order chi connectivity index (χ1) is 14.0. The number of hydrogen-bond donors (Lipinski definition) is 1. The number of nitrogens with one attached hydrogen (secondary N) is 1. The molecule has 7 nitrogen and oxygen atoms in total. The van der Waals surface area contributed by atoms with Gasteiger partial charge in [0.1, 0.15) is 19.2 Å². The maximum absolute atomic E-state index is 13.2. The number of likely N-dealkylation sites (tertiary alicyclic amines) is 1. The van der Waals surface area contributed by atoms with Crippen LogP contribution in [0, 0.1) is 11.7 Å². The average molecular weight is 410 g/mol. The second kappa shape index (κ2) is 11.7. The standard InChI is InChI=1S/C21H32FN3O4/c1-4-11-25(15-29-14-19(26)23-2)21(27)24-12-9-17(10-13-24)20(28-3)16-5-7-18(22)8-6-16/h5-8,17,20H,4,9-15H2,1-3H3,(H,23,26). The van der Waals surface area contributed by atoms with Crippen LogP contribution in [0.4, 0.5) is 9.18 Å². The summed E-state index contributed by atoms with van der Waals surface area (Å²) in [6.07, 6.45) is 2.30. The lowest BCUT2D eigenvalue weighted by Crippen LogP contribution is -2.48. The van der Waals surface area contributed by atoms with Crippen LogP contribution in [0.15, 0.2) is 24.3 Å². The highest BCUT2D eigenvalue weighted by molar-refractivity contribution is 5.77. The van der Waals surface area contributed by atoms with Crippen LogP contribution < -0.4 is 5.32 Å². The van der Waals surface area contributed by atoms with Gasteiger partial charge in [0.2, 0.25) is 5.91 Å². The summed E-state index contributed by atoms with van der Waals surface area (Å²) in [6.45, 7) is 3.84. The highest BCUT2D eigenvalue weighted by Gasteiger charge is 2.31. The predicted octanol–water partition coefficient (Wildman–Crippen LogP) is 2.78. The highest BCUT2D eigenvalue weighted by Crippen LogP contribution is 2.33. The van der Waals surface area contributed by atoms with Gasteiger partial charge in [-0.1, -0.05) is 19.1 Å². The van der Waals surface area contributed by atoms with Gasteiger partial charge in [-0.3, -0.25) is 4.79 Å². The Labute approximate surface area is 172 Å². The largest absolute Gasteiger partial charge is 0.376 e. The summed E-state index contributed by atoms with van der Waals surface area (Å²) in [7, 11) is 3.21. The summed E-state index contributed by atoms with van der Waals surface area (Å²) in [6, 6.07) is 6.34. The number of carbonyl (C=O) groups excluding carboxylic acids is 2. The molecule has 29 heavy (non-hydrogen) atoms. The van der Waals surface area contributed by atoms with Gasteiger partial charge in [0.25, 0.3) is 0 Å². The highest BCUT2D eigenvalue weighted by atomic mass is 19.1. The van der Waals surface area contributed by atoms with Gasteiger partial charge in [-0.2, -0.15) is 0 Å². The lowest BCUT2D eigenvalue weighted by Gasteiger charge is -2.38. The number of hydrogen-bond acceptors (Lipinski definition) is 4. The maximum Gasteiger partial charge on any atom is 0.321 e. The molecule has 1 unspecified atom stereocenters. The van der Waals surface area contributed by atoms with E-state index in [9.17, 15) is 14.0 Å². The number of piperidine rings is 1. The number of likely N-dealkylation sites (N-methyl/N-ethyl adjacent to an activating group) is 1. The van der Waals surface area contributed by atoms with E-state index in [1.54, 1.807) is 31.2 Å². The van der Waals surface area contributed by atoms with E-state index in [1.807, 2.05) is 11.8 Å². The molecule has 0 aliphatic carbocycles. The van der Waals surface area contributed by atoms with Crippen LogP contribution in [0.25, 0.3) is 0 Å². The number of amides is 3. The first-order valence-corrected chi connectivity index (χ1v) is 10.1. The quantitative estimate of drug-likeness (QED) is 0.637. The number of carbonyl (C=O) groups is 2. The van der Waals surface area contributed by atoms with Gasteiger partial charge in [0, 0.05) is 33.8 Å². The molecule has 3 amide bonds. The van der Waals surface area contributed by atoms with Crippen molar-refractivity contribution in [1.29, 1.82) is 0 Å². The molecule has 0 radical (unpaired) electrons. The molecule has 0 spiro atoms. The summed E-state index contributed by atoms with van der Waals surface area (Å²) in [5.74, 6) is -0.224. The second-order valence-electron chi connectivity index (χ2n) is 7.23. The zero-order valence-corrected chi connectivity index (χ0v) is 17.5. The van der Waals surface area contributed by atoms with Crippen LogP contribution in [0.2, 0.25) is 0 Å². The minimum Gasteiger partial charge on any atom is -0.376 e. The van der Waals surface area contributed by atoms with Crippen LogP contribution in [0.3, 0.4) is 0 Å². The number of nitrogens with zero attached hydrogens (tertiary/aromatic N) is 2. The summed E-state index contributed by atoms with van der Waals surface area (Å²) in [5.41, 5.74) is 0.953. The van der Waals surface area contributed by atoms with Crippen LogP contribution in [0.1, 0.15) is 37.9 Å². The third-order valence-electron chi connectivity index (χ3n) is 5.21. The molecule has 1 aromatic carbocycles. The van der Waals surface area contributed by atoms with E-state index in [2.05, 4.69) is 5.32 Å². The lowest BCUT2D eigenvalue weighted by molar-refractivity contribution is -0.126. The number of halogens is 1. The summed E-state index contributed by atoms with van der Waals surface area (Å²) in [4.78, 5) is 27.7. The van der Waals surface area contributed by atoms with Crippen molar-refractivity contribution in [3.63, 3.8) is 0 Å². The van der Waals surface area contributed by atoms with Crippen LogP contribution in [-0.2, 0) is 14.3 Å². The fraction of sp³-hybridized carbons (Fsp3) is 0.619. The molecule has 1 heterocycles. The Morgan fingerprint density at radius 3 is 2.48 bits per heavy atom. The summed E-state index contributed by atoms with van der Waals surface area (Å²) < 4.78 is 24.3. The first-order valence-electron chi connectivity index (χ1n) is 10.1. The SMILES string of the molecule is CCCN(COCC(=O)NC)C(=O)N1CCC(C(OC)c2ccc(F)cc2)CC1. The van der Waals surface area contributed by atoms with Gasteiger partial charge in [-0.25, -0.2) is 9.18 Å². The second-order valence-corrected chi connectivity index (χ2v) is 7.23. The lowest BCUT2D eigenvalue weighted by atomic mass is 9.87. The normalized spacial score (nSPS) is 15.8. The van der Waals surface area contributed by atoms with E-state index in [-0.39, 0.29) is 43.1 Å². The average Bonchev–Trinajstić information content (AvgIpc) is 2.74. The zero-order chi connectivity index (χ0) is 21.2. The number of benzene rings is 1. The van der Waals surface area contributed by atoms with Gasteiger partial charge < -0.3 is 24.6 Å². The molecule has 1 aliphatic heterocycles. The predicted molar refractivity (Wildman–Crippen MR) is 108 cm³/mol. The van der Waals surface area contributed by atoms with Gasteiger partial charge in [0.05, 0.1) is 6.10 Å². The Kier molecular flexibility index (Phi) is 9.34. The number of urea groups is 1. The minimum absolute atomic E-state index is 0.0702. The van der Waals surface area contributed by atoms with Crippen molar-refractivity contribution in [1.82, 2.24) is 15.1 Å². The number of ether oxygens (including phenoxy) is 2. The molecule has 2 rings (SSSR count). The number of methoxy groups -OCH3 is 1. The fourth-order valence-corrected chi connectivity index (χ4v) is 3.65. The van der Waals surface area contributed by atoms with Crippen molar-refractivity contribution >= 4 is 11.9 Å². The molecule has 162 valence electrons. The minimum atomic E-state index is -0.265. The van der Waals surface area contributed by atoms with Gasteiger partial charge in [-0.05, 0) is 42.9 Å². The van der Waals surface area contributed by atoms with E-state index in [1.165, 1.54) is 12.1 Å². The molecular formula is C21H32FN3O4. The van der Waals surface area contributed by atoms with E-state index in [0.29, 0.717) is 19.6 Å². The molecule has 1 saturated heterocycles. The van der Waals surface area contributed by atoms with Gasteiger partial charge in [-0.15, -0.1) is 0 Å². The van der Waals surface area contributed by atoms with Crippen molar-refractivity contribution < 1.29 is 23.5 Å². The molecule has 1 aliphatic rings. The van der Waals surface area contributed by atoms with E-state index >= 15 is 0 Å². The van der Waals surface area contributed by atoms with Gasteiger partial charge >= 0.3 is 6.03 Å². The van der Waals surface area contributed by atoms with Crippen molar-refractivity contribution in [3.8, 4) is 0 Å². The molecule has 0 bridgehead atoms. The smallest absolute Gasteiger partial charge is 0.321 e. The van der Waals surface area contributed by atoms with Crippen molar-refractivity contribution in [2.45, 2.75) is 32.3 Å². The molecule has 1 atom stereocenters. The molecule has 1 aromatic rings. The summed E-state index contributed by atoms with van der Waals surface area (Å²) >= 11 is 0. The van der Waals surface area contributed by atoms with E-state index in [0.717, 1.165) is 24.8 Å². The fourth-order valence-electron chi connectivity index (χ4n) is 3.65. The molecule has 1 N–H and O–H groups in total.